The van der Waals surface area contributed by atoms with Crippen molar-refractivity contribution in [1.82, 2.24) is 0 Å². The number of rotatable bonds is 4. The van der Waals surface area contributed by atoms with Crippen LogP contribution in [-0.4, -0.2) is 18.0 Å². The molecule has 0 saturated heterocycles. The van der Waals surface area contributed by atoms with E-state index in [-0.39, 0.29) is 5.76 Å². The Morgan fingerprint density at radius 3 is 2.58 bits per heavy atom. The molecule has 6 heteroatoms. The van der Waals surface area contributed by atoms with Crippen LogP contribution < -0.4 is 5.32 Å². The van der Waals surface area contributed by atoms with Crippen LogP contribution in [0, 0.1) is 18.3 Å². The number of aryl methyl sites for hydroxylation is 1. The van der Waals surface area contributed by atoms with Crippen molar-refractivity contribution < 1.29 is 18.7 Å². The van der Waals surface area contributed by atoms with Gasteiger partial charge in [0.05, 0.1) is 11.3 Å². The molecule has 0 aliphatic rings. The number of carbonyl (C=O) groups excluding carboxylic acids is 2. The van der Waals surface area contributed by atoms with Crippen molar-refractivity contribution in [2.45, 2.75) is 20.0 Å². The topological polar surface area (TPSA) is 92.3 Å². The maximum atomic E-state index is 12.4. The molecule has 0 saturated carbocycles. The highest BCUT2D eigenvalue weighted by molar-refractivity contribution is 5.99. The Morgan fingerprint density at radius 2 is 1.85 bits per heavy atom. The van der Waals surface area contributed by atoms with Crippen molar-refractivity contribution in [3.05, 3.63) is 65.4 Å². The van der Waals surface area contributed by atoms with Crippen LogP contribution in [0.2, 0.25) is 0 Å². The van der Waals surface area contributed by atoms with Crippen LogP contribution in [0.4, 0.5) is 5.69 Å². The van der Waals surface area contributed by atoms with Crippen LogP contribution in [0.5, 0.6) is 0 Å². The summed E-state index contributed by atoms with van der Waals surface area (Å²) in [6.07, 6.45) is -1.05. The normalized spacial score (nSPS) is 11.6. The molecule has 0 aliphatic heterocycles. The number of carbonyl (C=O) groups is 2. The summed E-state index contributed by atoms with van der Waals surface area (Å²) in [4.78, 5) is 24.7. The minimum atomic E-state index is -1.05. The number of hydrogen-bond donors (Lipinski definition) is 1. The van der Waals surface area contributed by atoms with E-state index in [1.54, 1.807) is 37.3 Å². The third kappa shape index (κ3) is 3.28. The first-order valence-corrected chi connectivity index (χ1v) is 8.00. The van der Waals surface area contributed by atoms with Crippen molar-refractivity contribution in [3.8, 4) is 6.07 Å². The van der Waals surface area contributed by atoms with E-state index in [4.69, 9.17) is 14.4 Å². The number of nitriles is 1. The van der Waals surface area contributed by atoms with Crippen molar-refractivity contribution >= 4 is 28.5 Å². The summed E-state index contributed by atoms with van der Waals surface area (Å²) in [6, 6.07) is 15.8. The monoisotopic (exact) mass is 348 g/mol. The zero-order chi connectivity index (χ0) is 18.7. The third-order valence-electron chi connectivity index (χ3n) is 3.99. The molecule has 130 valence electrons. The minimum Gasteiger partial charge on any atom is -0.449 e. The van der Waals surface area contributed by atoms with E-state index < -0.39 is 18.0 Å². The molecule has 1 atom stereocenters. The molecule has 0 spiro atoms. The Bertz CT molecular complexity index is 1030. The summed E-state index contributed by atoms with van der Waals surface area (Å²) in [6.45, 7) is 3.22. The molecule has 3 rings (SSSR count). The fraction of sp³-hybridized carbons (Fsp3) is 0.150. The molecule has 26 heavy (non-hydrogen) atoms. The average molecular weight is 348 g/mol. The Hall–Kier alpha value is -3.59. The van der Waals surface area contributed by atoms with Crippen molar-refractivity contribution in [1.29, 1.82) is 5.26 Å². The highest BCUT2D eigenvalue weighted by Gasteiger charge is 2.24. The van der Waals surface area contributed by atoms with Gasteiger partial charge in [-0.25, -0.2) is 4.79 Å². The fourth-order valence-electron chi connectivity index (χ4n) is 2.56. The Kier molecular flexibility index (Phi) is 4.72. The highest BCUT2D eigenvalue weighted by atomic mass is 16.6. The van der Waals surface area contributed by atoms with Gasteiger partial charge in [-0.2, -0.15) is 5.26 Å². The van der Waals surface area contributed by atoms with E-state index in [2.05, 4.69) is 5.32 Å². The van der Waals surface area contributed by atoms with Crippen LogP contribution in [0.3, 0.4) is 0 Å². The lowest BCUT2D eigenvalue weighted by Gasteiger charge is -2.13. The zero-order valence-electron chi connectivity index (χ0n) is 14.3. The molecule has 0 bridgehead atoms. The number of furan rings is 1. The van der Waals surface area contributed by atoms with Gasteiger partial charge in [0.15, 0.2) is 6.10 Å². The lowest BCUT2D eigenvalue weighted by atomic mass is 10.1. The molecule has 0 radical (unpaired) electrons. The van der Waals surface area contributed by atoms with Gasteiger partial charge in [0.2, 0.25) is 5.76 Å². The number of benzene rings is 2. The van der Waals surface area contributed by atoms with Gasteiger partial charge in [0, 0.05) is 10.9 Å². The molecule has 0 unspecified atom stereocenters. The number of hydrogen-bond acceptors (Lipinski definition) is 5. The number of esters is 1. The van der Waals surface area contributed by atoms with Gasteiger partial charge in [0.25, 0.3) is 5.91 Å². The Morgan fingerprint density at radius 1 is 1.15 bits per heavy atom. The molecule has 1 N–H and O–H groups in total. The van der Waals surface area contributed by atoms with Gasteiger partial charge in [-0.3, -0.25) is 4.79 Å². The minimum absolute atomic E-state index is 0.0725. The molecular weight excluding hydrogens is 332 g/mol. The van der Waals surface area contributed by atoms with E-state index in [0.29, 0.717) is 22.4 Å². The highest BCUT2D eigenvalue weighted by Crippen LogP contribution is 2.25. The number of fused-ring (bicyclic) bond motifs is 1. The van der Waals surface area contributed by atoms with Crippen LogP contribution in [0.1, 0.15) is 28.6 Å². The number of amides is 1. The summed E-state index contributed by atoms with van der Waals surface area (Å²) < 4.78 is 10.8. The van der Waals surface area contributed by atoms with Gasteiger partial charge in [-0.05, 0) is 32.0 Å². The van der Waals surface area contributed by atoms with Gasteiger partial charge >= 0.3 is 5.97 Å². The predicted molar refractivity (Wildman–Crippen MR) is 95.6 cm³/mol. The van der Waals surface area contributed by atoms with Crippen molar-refractivity contribution in [3.63, 3.8) is 0 Å². The largest absolute Gasteiger partial charge is 0.449 e. The van der Waals surface area contributed by atoms with Crippen molar-refractivity contribution in [2.24, 2.45) is 0 Å². The van der Waals surface area contributed by atoms with Gasteiger partial charge in [-0.1, -0.05) is 30.3 Å². The number of ether oxygens (including phenoxy) is 1. The summed E-state index contributed by atoms with van der Waals surface area (Å²) in [5, 5.41) is 12.5. The smallest absolute Gasteiger partial charge is 0.375 e. The first kappa shape index (κ1) is 17.2. The summed E-state index contributed by atoms with van der Waals surface area (Å²) in [5.74, 6) is -1.17. The summed E-state index contributed by atoms with van der Waals surface area (Å²) in [5.41, 5.74) is 1.93. The number of nitrogens with one attached hydrogen (secondary N) is 1. The van der Waals surface area contributed by atoms with E-state index >= 15 is 0 Å². The van der Waals surface area contributed by atoms with Crippen LogP contribution in [-0.2, 0) is 9.53 Å². The van der Waals surface area contributed by atoms with E-state index in [1.807, 2.05) is 24.3 Å². The van der Waals surface area contributed by atoms with Crippen LogP contribution >= 0.6 is 0 Å². The lowest BCUT2D eigenvalue weighted by Crippen LogP contribution is -2.30. The maximum absolute atomic E-state index is 12.4. The van der Waals surface area contributed by atoms with Crippen molar-refractivity contribution in [2.75, 3.05) is 5.32 Å². The first-order valence-electron chi connectivity index (χ1n) is 8.00. The molecule has 0 aliphatic carbocycles. The molecule has 1 amide bonds. The second-order valence-electron chi connectivity index (χ2n) is 5.75. The average Bonchev–Trinajstić information content (AvgIpc) is 2.99. The van der Waals surface area contributed by atoms with E-state index in [1.165, 1.54) is 6.92 Å². The van der Waals surface area contributed by atoms with Gasteiger partial charge < -0.3 is 14.5 Å². The molecule has 2 aromatic carbocycles. The Balaban J connectivity index is 1.73. The number of anilines is 1. The molecule has 6 nitrogen and oxygen atoms in total. The molecule has 3 aromatic rings. The molecule has 1 aromatic heterocycles. The summed E-state index contributed by atoms with van der Waals surface area (Å²) in [7, 11) is 0. The number of nitrogens with zero attached hydrogens (tertiary/aromatic N) is 1. The summed E-state index contributed by atoms with van der Waals surface area (Å²) >= 11 is 0. The second kappa shape index (κ2) is 7.11. The third-order valence-corrected chi connectivity index (χ3v) is 3.99. The predicted octanol–water partition coefficient (Wildman–Crippen LogP) is 3.80. The standard InChI is InChI=1S/C20H16N2O4/c1-12-15-8-4-6-10-17(15)26-18(12)20(24)25-13(2)19(23)22-16-9-5-3-7-14(16)11-21/h3-10,13H,1-2H3,(H,22,23)/t13-/m1/s1. The van der Waals surface area contributed by atoms with Crippen LogP contribution in [0.25, 0.3) is 11.0 Å². The quantitative estimate of drug-likeness (QED) is 0.724. The molecule has 0 fully saturated rings. The molecular formula is C20H16N2O4. The zero-order valence-corrected chi connectivity index (χ0v) is 14.3. The second-order valence-corrected chi connectivity index (χ2v) is 5.75. The SMILES string of the molecule is Cc1c(C(=O)O[C@H](C)C(=O)Nc2ccccc2C#N)oc2ccccc12. The van der Waals surface area contributed by atoms with E-state index in [9.17, 15) is 9.59 Å². The first-order chi connectivity index (χ1) is 12.5. The van der Waals surface area contributed by atoms with E-state index in [0.717, 1.165) is 5.39 Å². The van der Waals surface area contributed by atoms with Gasteiger partial charge in [0.1, 0.15) is 11.7 Å². The fourth-order valence-corrected chi connectivity index (χ4v) is 2.56. The molecule has 1 heterocycles. The van der Waals surface area contributed by atoms with Gasteiger partial charge in [-0.15, -0.1) is 0 Å². The number of para-hydroxylation sites is 2. The Labute approximate surface area is 150 Å². The van der Waals surface area contributed by atoms with Crippen LogP contribution in [0.15, 0.2) is 52.9 Å². The lowest BCUT2D eigenvalue weighted by molar-refractivity contribution is -0.123. The maximum Gasteiger partial charge on any atom is 0.375 e.